The Morgan fingerprint density at radius 1 is 1.20 bits per heavy atom. The molecule has 2 aliphatic carbocycles. The van der Waals surface area contributed by atoms with Crippen LogP contribution in [-0.2, 0) is 23.0 Å². The van der Waals surface area contributed by atoms with Crippen LogP contribution in [0.25, 0.3) is 28.2 Å². The van der Waals surface area contributed by atoms with E-state index < -0.39 is 5.41 Å². The number of nitriles is 1. The second-order valence-electron chi connectivity index (χ2n) is 14.2. The maximum Gasteiger partial charge on any atom is 0.279 e. The maximum absolute atomic E-state index is 13.6. The number of likely N-dealkylation sites (N-methyl/N-ethyl adjacent to an activating group) is 1. The van der Waals surface area contributed by atoms with E-state index in [-0.39, 0.29) is 23.7 Å². The zero-order chi connectivity index (χ0) is 34.1. The summed E-state index contributed by atoms with van der Waals surface area (Å²) in [6, 6.07) is 6.34. The van der Waals surface area contributed by atoms with Crippen LogP contribution in [0.1, 0.15) is 85.2 Å². The molecule has 0 amide bonds. The average Bonchev–Trinajstić information content (AvgIpc) is 3.95. The van der Waals surface area contributed by atoms with Gasteiger partial charge in [0.05, 0.1) is 23.6 Å². The lowest BCUT2D eigenvalue weighted by Crippen LogP contribution is -2.38. The van der Waals surface area contributed by atoms with Crippen molar-refractivity contribution < 1.29 is 14.0 Å². The Kier molecular flexibility index (Phi) is 7.56. The van der Waals surface area contributed by atoms with E-state index in [9.17, 15) is 10.1 Å². The predicted molar refractivity (Wildman–Crippen MR) is 187 cm³/mol. The quantitative estimate of drug-likeness (QED) is 0.257. The number of fused-ring (bicyclic) bond motifs is 5. The molecule has 0 radical (unpaired) electrons. The van der Waals surface area contributed by atoms with Gasteiger partial charge in [0.25, 0.3) is 5.56 Å². The summed E-state index contributed by atoms with van der Waals surface area (Å²) >= 11 is 1.52. The number of anilines is 1. The molecule has 7 heterocycles. The molecule has 2 saturated heterocycles. The van der Waals surface area contributed by atoms with Crippen LogP contribution in [0.15, 0.2) is 33.8 Å². The van der Waals surface area contributed by atoms with Crippen molar-refractivity contribution in [3.63, 3.8) is 0 Å². The van der Waals surface area contributed by atoms with Crippen molar-refractivity contribution in [2.75, 3.05) is 32.5 Å². The van der Waals surface area contributed by atoms with E-state index >= 15 is 0 Å². The molecule has 5 aromatic rings. The van der Waals surface area contributed by atoms with Crippen LogP contribution in [0.3, 0.4) is 0 Å². The molecule has 258 valence electrons. The van der Waals surface area contributed by atoms with Gasteiger partial charge < -0.3 is 24.3 Å². The number of nitrogens with zero attached hydrogens (tertiary/aromatic N) is 8. The second kappa shape index (κ2) is 12.0. The number of hydrogen-bond acceptors (Lipinski definition) is 12. The first kappa shape index (κ1) is 31.4. The lowest BCUT2D eigenvalue weighted by molar-refractivity contribution is 0.117. The van der Waals surface area contributed by atoms with Crippen molar-refractivity contribution in [2.45, 2.75) is 88.3 Å². The van der Waals surface area contributed by atoms with E-state index in [2.05, 4.69) is 30.1 Å². The van der Waals surface area contributed by atoms with Crippen molar-refractivity contribution in [3.05, 3.63) is 62.2 Å². The molecule has 9 rings (SSSR count). The molecule has 2 fully saturated rings. The van der Waals surface area contributed by atoms with Gasteiger partial charge in [-0.1, -0.05) is 5.16 Å². The zero-order valence-electron chi connectivity index (χ0n) is 28.2. The minimum absolute atomic E-state index is 0.00505. The first-order valence-corrected chi connectivity index (χ1v) is 18.4. The second-order valence-corrected chi connectivity index (χ2v) is 15.3. The van der Waals surface area contributed by atoms with E-state index in [1.165, 1.54) is 16.2 Å². The first-order chi connectivity index (χ1) is 24.3. The molecule has 2 N–H and O–H groups in total. The van der Waals surface area contributed by atoms with Crippen molar-refractivity contribution in [2.24, 2.45) is 0 Å². The summed E-state index contributed by atoms with van der Waals surface area (Å²) in [6.07, 6.45) is 11.7. The van der Waals surface area contributed by atoms with Gasteiger partial charge in [0.2, 0.25) is 5.88 Å². The molecule has 5 aromatic heterocycles. The lowest BCUT2D eigenvalue weighted by Gasteiger charge is -2.39. The monoisotopic (exact) mass is 693 g/mol. The van der Waals surface area contributed by atoms with Gasteiger partial charge in [-0.2, -0.15) is 15.3 Å². The van der Waals surface area contributed by atoms with E-state index in [1.54, 1.807) is 15.3 Å². The molecule has 0 bridgehead atoms. The number of likely N-dealkylation sites (tertiary alicyclic amines) is 1. The Hall–Kier alpha value is -4.58. The highest BCUT2D eigenvalue weighted by molar-refractivity contribution is 7.16. The number of hydrogen-bond donors (Lipinski definition) is 1. The van der Waals surface area contributed by atoms with Gasteiger partial charge in [-0.15, -0.1) is 11.3 Å². The number of pyridine rings is 1. The molecule has 13 nitrogen and oxygen atoms in total. The van der Waals surface area contributed by atoms with E-state index in [4.69, 9.17) is 34.8 Å². The third-order valence-corrected chi connectivity index (χ3v) is 12.4. The SMILES string of the molecule is C[C@H](Oc1cc(-n2cc3ccn([C@H]4CCOC4)c(=O)c3n2)nc(-c2noc3c2CCC[C@@]32CCCc3sc(N)c(C#N)c32)n1)[C@@H]1CCCN1C. The standard InChI is InChI=1S/C36H39N9O4S/c1-20(25-7-5-13-43(25)2)48-28-16-27(45-18-21-9-14-44(22-10-15-47-19-22)35(46)30(21)41-45)39-34(40-28)31-23-6-3-11-36(32(23)49-42-31)12-4-8-26-29(36)24(17-37)33(38)50-26/h9,14,16,18,20,22,25H,3-8,10-13,15,19,38H2,1-2H3/t20-,22-,25-,36-/m0/s1. The van der Waals surface area contributed by atoms with Gasteiger partial charge in [0.1, 0.15) is 17.2 Å². The molecule has 2 aliphatic heterocycles. The molecule has 0 aromatic carbocycles. The molecule has 14 heteroatoms. The van der Waals surface area contributed by atoms with E-state index in [0.29, 0.717) is 57.9 Å². The summed E-state index contributed by atoms with van der Waals surface area (Å²) in [4.78, 5) is 27.0. The van der Waals surface area contributed by atoms with Crippen LogP contribution in [0.5, 0.6) is 5.88 Å². The average molecular weight is 694 g/mol. The fourth-order valence-corrected chi connectivity index (χ4v) is 10.0. The number of rotatable bonds is 6. The van der Waals surface area contributed by atoms with Crippen LogP contribution in [0, 0.1) is 11.3 Å². The zero-order valence-corrected chi connectivity index (χ0v) is 29.0. The summed E-state index contributed by atoms with van der Waals surface area (Å²) in [5.74, 6) is 2.01. The van der Waals surface area contributed by atoms with Gasteiger partial charge in [-0.25, -0.2) is 9.67 Å². The van der Waals surface area contributed by atoms with Crippen LogP contribution in [0.2, 0.25) is 0 Å². The fraction of sp³-hybridized carbons (Fsp3) is 0.500. The molecule has 1 spiro atoms. The smallest absolute Gasteiger partial charge is 0.279 e. The number of nitrogen functional groups attached to an aromatic ring is 1. The third kappa shape index (κ3) is 4.89. The summed E-state index contributed by atoms with van der Waals surface area (Å²) in [6.45, 7) is 4.26. The Labute approximate surface area is 292 Å². The summed E-state index contributed by atoms with van der Waals surface area (Å²) in [7, 11) is 2.13. The van der Waals surface area contributed by atoms with Crippen molar-refractivity contribution in [1.29, 1.82) is 5.26 Å². The summed E-state index contributed by atoms with van der Waals surface area (Å²) < 4.78 is 21.7. The maximum atomic E-state index is 13.6. The summed E-state index contributed by atoms with van der Waals surface area (Å²) in [5, 5.41) is 20.8. The largest absolute Gasteiger partial charge is 0.473 e. The normalized spacial score (nSPS) is 24.0. The Morgan fingerprint density at radius 3 is 2.84 bits per heavy atom. The molecule has 0 unspecified atom stereocenters. The van der Waals surface area contributed by atoms with Crippen LogP contribution >= 0.6 is 11.3 Å². The third-order valence-electron chi connectivity index (χ3n) is 11.3. The fourth-order valence-electron chi connectivity index (χ4n) is 8.88. The Morgan fingerprint density at radius 2 is 2.06 bits per heavy atom. The summed E-state index contributed by atoms with van der Waals surface area (Å²) in [5.41, 5.74) is 9.22. The molecular weight excluding hydrogens is 655 g/mol. The predicted octanol–water partition coefficient (Wildman–Crippen LogP) is 4.93. The lowest BCUT2D eigenvalue weighted by atomic mass is 9.63. The molecule has 0 saturated carbocycles. The molecular formula is C36H39N9O4S. The number of thiophene rings is 1. The number of aromatic nitrogens is 6. The number of nitrogens with two attached hydrogens (primary N) is 1. The Bertz CT molecular complexity index is 2220. The minimum Gasteiger partial charge on any atom is -0.473 e. The molecule has 4 aliphatic rings. The van der Waals surface area contributed by atoms with Crippen LogP contribution in [-0.4, -0.2) is 73.3 Å². The van der Waals surface area contributed by atoms with Crippen molar-refractivity contribution in [1.82, 2.24) is 34.4 Å². The van der Waals surface area contributed by atoms with Gasteiger partial charge in [-0.05, 0) is 89.9 Å². The van der Waals surface area contributed by atoms with Crippen molar-refractivity contribution in [3.8, 4) is 29.3 Å². The van der Waals surface area contributed by atoms with Gasteiger partial charge in [0, 0.05) is 46.9 Å². The van der Waals surface area contributed by atoms with Gasteiger partial charge in [0.15, 0.2) is 28.6 Å². The highest BCUT2D eigenvalue weighted by atomic mass is 32.1. The van der Waals surface area contributed by atoms with Crippen molar-refractivity contribution >= 4 is 27.2 Å². The van der Waals surface area contributed by atoms with Gasteiger partial charge in [-0.3, -0.25) is 9.69 Å². The highest BCUT2D eigenvalue weighted by Gasteiger charge is 2.49. The highest BCUT2D eigenvalue weighted by Crippen LogP contribution is 2.55. The van der Waals surface area contributed by atoms with Crippen LogP contribution in [0.4, 0.5) is 5.00 Å². The van der Waals surface area contributed by atoms with E-state index in [0.717, 1.165) is 81.2 Å². The number of ether oxygens (including phenoxy) is 2. The van der Waals surface area contributed by atoms with E-state index in [1.807, 2.05) is 18.5 Å². The minimum atomic E-state index is -0.464. The number of aryl methyl sites for hydroxylation is 1. The Balaban J connectivity index is 1.16. The molecule has 50 heavy (non-hydrogen) atoms. The molecule has 4 atom stereocenters. The van der Waals surface area contributed by atoms with Gasteiger partial charge >= 0.3 is 0 Å². The first-order valence-electron chi connectivity index (χ1n) is 17.6. The van der Waals surface area contributed by atoms with Crippen LogP contribution < -0.4 is 16.0 Å². The topological polar surface area (TPSA) is 163 Å².